The molecule has 50 valence electrons. The van der Waals surface area contributed by atoms with Crippen LogP contribution in [0.4, 0.5) is 0 Å². The molecule has 2 N–H and O–H groups in total. The summed E-state index contributed by atoms with van der Waals surface area (Å²) in [6.45, 7) is 1.86. The molecular formula is C4H8N4S. The highest BCUT2D eigenvalue weighted by Crippen LogP contribution is 1.88. The van der Waals surface area contributed by atoms with Crippen molar-refractivity contribution in [3.05, 3.63) is 10.6 Å². The highest BCUT2D eigenvalue weighted by atomic mass is 32.1. The van der Waals surface area contributed by atoms with E-state index in [1.807, 2.05) is 6.92 Å². The van der Waals surface area contributed by atoms with Gasteiger partial charge in [-0.15, -0.1) is 0 Å². The van der Waals surface area contributed by atoms with E-state index in [0.717, 1.165) is 5.82 Å². The number of aryl methyl sites for hydroxylation is 1. The molecule has 0 unspecified atom stereocenters. The van der Waals surface area contributed by atoms with Gasteiger partial charge in [0.1, 0.15) is 5.82 Å². The van der Waals surface area contributed by atoms with Crippen molar-refractivity contribution in [2.45, 2.75) is 6.92 Å². The van der Waals surface area contributed by atoms with Gasteiger partial charge in [0, 0.05) is 7.05 Å². The summed E-state index contributed by atoms with van der Waals surface area (Å²) >= 11 is 4.85. The van der Waals surface area contributed by atoms with Crippen LogP contribution in [0, 0.1) is 11.7 Å². The summed E-state index contributed by atoms with van der Waals surface area (Å²) < 4.78 is 2.28. The number of nitrogens with one attached hydrogen (secondary N) is 2. The zero-order valence-corrected chi connectivity index (χ0v) is 6.12. The quantitative estimate of drug-likeness (QED) is 0.561. The van der Waals surface area contributed by atoms with Crippen LogP contribution in [-0.2, 0) is 0 Å². The zero-order valence-electron chi connectivity index (χ0n) is 5.30. The first-order valence-electron chi connectivity index (χ1n) is 2.57. The highest BCUT2D eigenvalue weighted by Gasteiger charge is 1.94. The van der Waals surface area contributed by atoms with Crippen molar-refractivity contribution in [3.63, 3.8) is 0 Å². The van der Waals surface area contributed by atoms with Crippen LogP contribution >= 0.6 is 12.2 Å². The molecule has 0 aliphatic rings. The van der Waals surface area contributed by atoms with Gasteiger partial charge >= 0.3 is 0 Å². The van der Waals surface area contributed by atoms with Gasteiger partial charge in [-0.1, -0.05) is 0 Å². The van der Waals surface area contributed by atoms with Gasteiger partial charge in [-0.05, 0) is 19.1 Å². The molecule has 0 spiro atoms. The molecule has 0 aromatic carbocycles. The maximum atomic E-state index is 4.85. The molecule has 4 nitrogen and oxygen atoms in total. The summed E-state index contributed by atoms with van der Waals surface area (Å²) in [5, 5.41) is 6.51. The molecule has 1 aromatic heterocycles. The lowest BCUT2D eigenvalue weighted by Crippen LogP contribution is -2.10. The summed E-state index contributed by atoms with van der Waals surface area (Å²) in [7, 11) is 1.79. The first-order chi connectivity index (χ1) is 4.25. The molecule has 0 fully saturated rings. The molecule has 0 saturated carbocycles. The summed E-state index contributed by atoms with van der Waals surface area (Å²) in [5.41, 5.74) is 2.86. The van der Waals surface area contributed by atoms with Crippen molar-refractivity contribution in [2.75, 3.05) is 12.5 Å². The van der Waals surface area contributed by atoms with Gasteiger partial charge < -0.3 is 5.43 Å². The number of hydrogen-bond donors (Lipinski definition) is 2. The average molecular weight is 144 g/mol. The van der Waals surface area contributed by atoms with E-state index in [4.69, 9.17) is 12.2 Å². The Labute approximate surface area is 57.9 Å². The Morgan fingerprint density at radius 2 is 2.44 bits per heavy atom. The van der Waals surface area contributed by atoms with Crippen LogP contribution in [0.5, 0.6) is 0 Å². The monoisotopic (exact) mass is 144 g/mol. The Balaban J connectivity index is 3.23. The Bertz CT molecular complexity index is 247. The third-order valence-corrected chi connectivity index (χ3v) is 1.34. The Kier molecular flexibility index (Phi) is 1.52. The van der Waals surface area contributed by atoms with Gasteiger partial charge in [-0.25, -0.2) is 4.68 Å². The van der Waals surface area contributed by atoms with Gasteiger partial charge in [-0.3, -0.25) is 5.10 Å². The molecule has 1 aromatic rings. The van der Waals surface area contributed by atoms with E-state index in [1.54, 1.807) is 11.7 Å². The second-order valence-corrected chi connectivity index (χ2v) is 2.02. The van der Waals surface area contributed by atoms with E-state index >= 15 is 0 Å². The van der Waals surface area contributed by atoms with Gasteiger partial charge in [-0.2, -0.15) is 5.10 Å². The minimum Gasteiger partial charge on any atom is -0.325 e. The van der Waals surface area contributed by atoms with Crippen LogP contribution < -0.4 is 5.43 Å². The summed E-state index contributed by atoms with van der Waals surface area (Å²) in [4.78, 5) is 0. The minimum atomic E-state index is 0.593. The van der Waals surface area contributed by atoms with Crippen LogP contribution in [-0.4, -0.2) is 21.9 Å². The van der Waals surface area contributed by atoms with Crippen molar-refractivity contribution in [3.8, 4) is 0 Å². The molecular weight excluding hydrogens is 136 g/mol. The topological polar surface area (TPSA) is 45.6 Å². The highest BCUT2D eigenvalue weighted by molar-refractivity contribution is 7.71. The molecule has 0 saturated heterocycles. The fraction of sp³-hybridized carbons (Fsp3) is 0.500. The first-order valence-corrected chi connectivity index (χ1v) is 2.98. The summed E-state index contributed by atoms with van der Waals surface area (Å²) in [6.07, 6.45) is 0. The predicted molar refractivity (Wildman–Crippen MR) is 37.4 cm³/mol. The maximum Gasteiger partial charge on any atom is 0.214 e. The van der Waals surface area contributed by atoms with E-state index in [1.165, 1.54) is 0 Å². The van der Waals surface area contributed by atoms with Gasteiger partial charge in [0.25, 0.3) is 0 Å². The third-order valence-electron chi connectivity index (χ3n) is 1.06. The van der Waals surface area contributed by atoms with E-state index in [-0.39, 0.29) is 0 Å². The fourth-order valence-electron chi connectivity index (χ4n) is 0.639. The van der Waals surface area contributed by atoms with Crippen molar-refractivity contribution < 1.29 is 0 Å². The van der Waals surface area contributed by atoms with E-state index in [9.17, 15) is 0 Å². The molecule has 0 amide bonds. The third kappa shape index (κ3) is 0.951. The number of aromatic amines is 1. The van der Waals surface area contributed by atoms with Crippen LogP contribution in [0.1, 0.15) is 5.82 Å². The molecule has 0 bridgehead atoms. The summed E-state index contributed by atoms with van der Waals surface area (Å²) in [6, 6.07) is 0. The molecule has 5 heteroatoms. The van der Waals surface area contributed by atoms with Gasteiger partial charge in [0.05, 0.1) is 0 Å². The Morgan fingerprint density at radius 3 is 2.67 bits per heavy atom. The molecule has 0 radical (unpaired) electrons. The predicted octanol–water partition coefficient (Wildman–Crippen LogP) is 0.422. The van der Waals surface area contributed by atoms with Crippen LogP contribution in [0.3, 0.4) is 0 Å². The first kappa shape index (κ1) is 6.28. The zero-order chi connectivity index (χ0) is 6.85. The molecule has 9 heavy (non-hydrogen) atoms. The van der Waals surface area contributed by atoms with E-state index in [2.05, 4.69) is 15.6 Å². The molecule has 1 heterocycles. The lowest BCUT2D eigenvalue weighted by molar-refractivity contribution is 0.859. The van der Waals surface area contributed by atoms with Crippen molar-refractivity contribution in [2.24, 2.45) is 0 Å². The standard InChI is InChI=1S/C4H8N4S/c1-3-6-7-4(9)8(3)5-2/h5H,1-2H3,(H,7,9). The van der Waals surface area contributed by atoms with Crippen LogP contribution in [0.15, 0.2) is 0 Å². The SMILES string of the molecule is CNn1c(C)n[nH]c1=S. The maximum absolute atomic E-state index is 4.85. The number of rotatable bonds is 1. The van der Waals surface area contributed by atoms with Crippen LogP contribution in [0.25, 0.3) is 0 Å². The number of aromatic nitrogens is 3. The summed E-state index contributed by atoms with van der Waals surface area (Å²) in [5.74, 6) is 0.836. The van der Waals surface area contributed by atoms with Gasteiger partial charge in [0.2, 0.25) is 4.77 Å². The molecule has 0 aliphatic heterocycles. The lowest BCUT2D eigenvalue weighted by Gasteiger charge is -1.98. The number of nitrogens with zero attached hydrogens (tertiary/aromatic N) is 2. The Morgan fingerprint density at radius 1 is 1.78 bits per heavy atom. The largest absolute Gasteiger partial charge is 0.325 e. The van der Waals surface area contributed by atoms with E-state index < -0.39 is 0 Å². The van der Waals surface area contributed by atoms with Gasteiger partial charge in [0.15, 0.2) is 0 Å². The lowest BCUT2D eigenvalue weighted by atomic mass is 10.7. The van der Waals surface area contributed by atoms with Crippen molar-refractivity contribution in [1.29, 1.82) is 0 Å². The Hall–Kier alpha value is -0.840. The number of hydrogen-bond acceptors (Lipinski definition) is 3. The van der Waals surface area contributed by atoms with Crippen LogP contribution in [0.2, 0.25) is 0 Å². The average Bonchev–Trinajstić information content (AvgIpc) is 2.12. The number of H-pyrrole nitrogens is 1. The van der Waals surface area contributed by atoms with Crippen molar-refractivity contribution >= 4 is 12.2 Å². The molecule has 0 atom stereocenters. The molecule has 1 rings (SSSR count). The van der Waals surface area contributed by atoms with Crippen molar-refractivity contribution in [1.82, 2.24) is 14.9 Å². The normalized spacial score (nSPS) is 9.56. The second kappa shape index (κ2) is 2.18. The molecule has 0 aliphatic carbocycles. The fourth-order valence-corrected chi connectivity index (χ4v) is 0.908. The second-order valence-electron chi connectivity index (χ2n) is 1.63. The minimum absolute atomic E-state index is 0.593. The smallest absolute Gasteiger partial charge is 0.214 e. The van der Waals surface area contributed by atoms with E-state index in [0.29, 0.717) is 4.77 Å².